The van der Waals surface area contributed by atoms with Crippen molar-refractivity contribution in [1.82, 2.24) is 15.1 Å². The first kappa shape index (κ1) is 16.2. The van der Waals surface area contributed by atoms with Gasteiger partial charge in [0.15, 0.2) is 0 Å². The number of rotatable bonds is 5. The third-order valence-electron chi connectivity index (χ3n) is 3.86. The van der Waals surface area contributed by atoms with E-state index in [1.54, 1.807) is 6.07 Å². The van der Waals surface area contributed by atoms with Crippen LogP contribution in [0.5, 0.6) is 5.75 Å². The molecule has 0 atom stereocenters. The molecule has 0 aliphatic carbocycles. The number of amides is 1. The van der Waals surface area contributed by atoms with Crippen LogP contribution in [-0.2, 0) is 17.8 Å². The highest BCUT2D eigenvalue weighted by molar-refractivity contribution is 5.93. The largest absolute Gasteiger partial charge is 0.492 e. The van der Waals surface area contributed by atoms with Gasteiger partial charge in [-0.15, -0.1) is 0 Å². The summed E-state index contributed by atoms with van der Waals surface area (Å²) < 4.78 is 5.51. The van der Waals surface area contributed by atoms with Gasteiger partial charge in [0.1, 0.15) is 5.75 Å². The second kappa shape index (κ2) is 7.27. The highest BCUT2D eigenvalue weighted by atomic mass is 16.5. The molecule has 0 spiro atoms. The number of H-pyrrole nitrogens is 1. The molecule has 1 aliphatic heterocycles. The SMILES string of the molecule is CCOc1ccccc1NC(=O)CN1CCc2n[nH]c(=O)cc2C1. The summed E-state index contributed by atoms with van der Waals surface area (Å²) in [5.74, 6) is 0.552. The van der Waals surface area contributed by atoms with Crippen LogP contribution in [0.4, 0.5) is 5.69 Å². The Balaban J connectivity index is 1.63. The van der Waals surface area contributed by atoms with Gasteiger partial charge in [0.2, 0.25) is 5.91 Å². The topological polar surface area (TPSA) is 87.3 Å². The van der Waals surface area contributed by atoms with E-state index in [9.17, 15) is 9.59 Å². The van der Waals surface area contributed by atoms with Gasteiger partial charge in [-0.2, -0.15) is 5.10 Å². The lowest BCUT2D eigenvalue weighted by Gasteiger charge is -2.27. The van der Waals surface area contributed by atoms with Crippen LogP contribution in [0.1, 0.15) is 18.2 Å². The number of carbonyl (C=O) groups excluding carboxylic acids is 1. The molecule has 24 heavy (non-hydrogen) atoms. The number of fused-ring (bicyclic) bond motifs is 1. The first-order chi connectivity index (χ1) is 11.7. The number of aromatic amines is 1. The number of nitrogens with one attached hydrogen (secondary N) is 2. The molecule has 2 aromatic rings. The van der Waals surface area contributed by atoms with E-state index < -0.39 is 0 Å². The van der Waals surface area contributed by atoms with E-state index in [2.05, 4.69) is 15.5 Å². The average Bonchev–Trinajstić information content (AvgIpc) is 2.56. The zero-order valence-corrected chi connectivity index (χ0v) is 13.5. The molecule has 1 aromatic carbocycles. The first-order valence-electron chi connectivity index (χ1n) is 7.97. The van der Waals surface area contributed by atoms with E-state index >= 15 is 0 Å². The van der Waals surface area contributed by atoms with Crippen molar-refractivity contribution in [3.63, 3.8) is 0 Å². The number of benzene rings is 1. The van der Waals surface area contributed by atoms with Crippen molar-refractivity contribution in [3.05, 3.63) is 51.9 Å². The van der Waals surface area contributed by atoms with E-state index in [4.69, 9.17) is 4.74 Å². The molecule has 0 radical (unpaired) electrons. The maximum absolute atomic E-state index is 12.3. The van der Waals surface area contributed by atoms with Gasteiger partial charge in [-0.25, -0.2) is 5.10 Å². The summed E-state index contributed by atoms with van der Waals surface area (Å²) in [6, 6.07) is 8.92. The second-order valence-corrected chi connectivity index (χ2v) is 5.64. The third-order valence-corrected chi connectivity index (χ3v) is 3.86. The molecule has 0 bridgehead atoms. The van der Waals surface area contributed by atoms with Crippen LogP contribution >= 0.6 is 0 Å². The summed E-state index contributed by atoms with van der Waals surface area (Å²) in [6.45, 7) is 3.98. The number of aromatic nitrogens is 2. The van der Waals surface area contributed by atoms with Crippen molar-refractivity contribution in [1.29, 1.82) is 0 Å². The molecular weight excluding hydrogens is 308 g/mol. The van der Waals surface area contributed by atoms with Gasteiger partial charge in [0, 0.05) is 25.6 Å². The molecule has 0 saturated heterocycles. The average molecular weight is 328 g/mol. The van der Waals surface area contributed by atoms with Crippen LogP contribution in [0.25, 0.3) is 0 Å². The van der Waals surface area contributed by atoms with Crippen LogP contribution < -0.4 is 15.6 Å². The lowest BCUT2D eigenvalue weighted by Crippen LogP contribution is -2.38. The number of ether oxygens (including phenoxy) is 1. The Morgan fingerprint density at radius 3 is 3.08 bits per heavy atom. The zero-order valence-electron chi connectivity index (χ0n) is 13.5. The molecule has 7 nitrogen and oxygen atoms in total. The minimum absolute atomic E-state index is 0.108. The van der Waals surface area contributed by atoms with Crippen LogP contribution in [0.3, 0.4) is 0 Å². The van der Waals surface area contributed by atoms with E-state index in [0.717, 1.165) is 24.2 Å². The standard InChI is InChI=1S/C17H20N4O3/c1-2-24-15-6-4-3-5-14(15)18-17(23)11-21-8-7-13-12(10-21)9-16(22)20-19-13/h3-6,9H,2,7-8,10-11H2,1H3,(H,18,23)(H,20,22). The molecule has 3 rings (SSSR count). The summed E-state index contributed by atoms with van der Waals surface area (Å²) in [5, 5.41) is 9.39. The molecular formula is C17H20N4O3. The number of anilines is 1. The summed E-state index contributed by atoms with van der Waals surface area (Å²) in [4.78, 5) is 25.7. The number of hydrogen-bond donors (Lipinski definition) is 2. The lowest BCUT2D eigenvalue weighted by molar-refractivity contribution is -0.117. The van der Waals surface area contributed by atoms with E-state index in [0.29, 0.717) is 24.6 Å². The molecule has 2 N–H and O–H groups in total. The predicted octanol–water partition coefficient (Wildman–Crippen LogP) is 1.17. The highest BCUT2D eigenvalue weighted by Crippen LogP contribution is 2.23. The number of para-hydroxylation sites is 2. The Labute approximate surface area is 139 Å². The van der Waals surface area contributed by atoms with Gasteiger partial charge in [-0.1, -0.05) is 12.1 Å². The molecule has 7 heteroatoms. The summed E-state index contributed by atoms with van der Waals surface area (Å²) in [5.41, 5.74) is 2.23. The Bertz CT molecular complexity index is 787. The van der Waals surface area contributed by atoms with Crippen molar-refractivity contribution in [2.45, 2.75) is 19.9 Å². The molecule has 126 valence electrons. The predicted molar refractivity (Wildman–Crippen MR) is 90.1 cm³/mol. The maximum atomic E-state index is 12.3. The first-order valence-corrected chi connectivity index (χ1v) is 7.97. The highest BCUT2D eigenvalue weighted by Gasteiger charge is 2.20. The van der Waals surface area contributed by atoms with Gasteiger partial charge < -0.3 is 10.1 Å². The van der Waals surface area contributed by atoms with Crippen molar-refractivity contribution < 1.29 is 9.53 Å². The number of carbonyl (C=O) groups is 1. The van der Waals surface area contributed by atoms with Gasteiger partial charge in [0.05, 0.1) is 24.5 Å². The third kappa shape index (κ3) is 3.80. The molecule has 0 fully saturated rings. The van der Waals surface area contributed by atoms with Crippen LogP contribution in [-0.4, -0.2) is 40.7 Å². The normalized spacial score (nSPS) is 14.0. The number of nitrogens with zero attached hydrogens (tertiary/aromatic N) is 2. The van der Waals surface area contributed by atoms with E-state index in [1.165, 1.54) is 0 Å². The van der Waals surface area contributed by atoms with E-state index in [-0.39, 0.29) is 18.0 Å². The zero-order chi connectivity index (χ0) is 16.9. The molecule has 1 aromatic heterocycles. The maximum Gasteiger partial charge on any atom is 0.264 e. The lowest BCUT2D eigenvalue weighted by atomic mass is 10.1. The Morgan fingerprint density at radius 1 is 1.42 bits per heavy atom. The summed E-state index contributed by atoms with van der Waals surface area (Å²) >= 11 is 0. The minimum atomic E-state index is -0.217. The summed E-state index contributed by atoms with van der Waals surface area (Å²) in [6.07, 6.45) is 0.717. The minimum Gasteiger partial charge on any atom is -0.492 e. The fourth-order valence-electron chi connectivity index (χ4n) is 2.78. The molecule has 0 unspecified atom stereocenters. The Kier molecular flexibility index (Phi) is 4.90. The van der Waals surface area contributed by atoms with Crippen LogP contribution in [0, 0.1) is 0 Å². The quantitative estimate of drug-likeness (QED) is 0.860. The number of hydrogen-bond acceptors (Lipinski definition) is 5. The fourth-order valence-corrected chi connectivity index (χ4v) is 2.78. The van der Waals surface area contributed by atoms with Crippen molar-refractivity contribution in [2.75, 3.05) is 25.0 Å². The van der Waals surface area contributed by atoms with Crippen molar-refractivity contribution in [3.8, 4) is 5.75 Å². The van der Waals surface area contributed by atoms with E-state index in [1.807, 2.05) is 36.1 Å². The van der Waals surface area contributed by atoms with Crippen LogP contribution in [0.15, 0.2) is 35.1 Å². The van der Waals surface area contributed by atoms with Crippen molar-refractivity contribution in [2.24, 2.45) is 0 Å². The second-order valence-electron chi connectivity index (χ2n) is 5.64. The smallest absolute Gasteiger partial charge is 0.264 e. The molecule has 1 aliphatic rings. The van der Waals surface area contributed by atoms with Gasteiger partial charge >= 0.3 is 0 Å². The molecule has 2 heterocycles. The van der Waals surface area contributed by atoms with Crippen molar-refractivity contribution >= 4 is 11.6 Å². The Hall–Kier alpha value is -2.67. The van der Waals surface area contributed by atoms with Gasteiger partial charge in [0.25, 0.3) is 5.56 Å². The summed E-state index contributed by atoms with van der Waals surface area (Å²) in [7, 11) is 0. The van der Waals surface area contributed by atoms with Gasteiger partial charge in [-0.3, -0.25) is 14.5 Å². The molecule has 1 amide bonds. The molecule has 0 saturated carbocycles. The Morgan fingerprint density at radius 2 is 2.25 bits per heavy atom. The van der Waals surface area contributed by atoms with Crippen LogP contribution in [0.2, 0.25) is 0 Å². The fraction of sp³-hybridized carbons (Fsp3) is 0.353. The monoisotopic (exact) mass is 328 g/mol. The van der Waals surface area contributed by atoms with Gasteiger partial charge in [-0.05, 0) is 24.6 Å².